The zero-order chi connectivity index (χ0) is 18.0. The number of carbonyl (C=O) groups excluding carboxylic acids is 2. The first kappa shape index (κ1) is 18.1. The summed E-state index contributed by atoms with van der Waals surface area (Å²) in [6.07, 6.45) is 0.502. The molecule has 25 heavy (non-hydrogen) atoms. The number of para-hydroxylation sites is 1. The molecule has 2 aromatic carbocycles. The smallest absolute Gasteiger partial charge is 0.228 e. The van der Waals surface area contributed by atoms with Crippen LogP contribution in [0.5, 0.6) is 0 Å². The zero-order valence-corrected chi connectivity index (χ0v) is 15.3. The summed E-state index contributed by atoms with van der Waals surface area (Å²) in [6.45, 7) is 0.333. The van der Waals surface area contributed by atoms with E-state index in [4.69, 9.17) is 34.8 Å². The van der Waals surface area contributed by atoms with Crippen LogP contribution in [0.2, 0.25) is 15.1 Å². The fourth-order valence-electron chi connectivity index (χ4n) is 2.56. The maximum absolute atomic E-state index is 12.3. The van der Waals surface area contributed by atoms with Crippen LogP contribution in [0.1, 0.15) is 12.0 Å². The van der Waals surface area contributed by atoms with Crippen LogP contribution >= 0.6 is 34.8 Å². The van der Waals surface area contributed by atoms with Crippen molar-refractivity contribution in [1.29, 1.82) is 0 Å². The second-order valence-electron chi connectivity index (χ2n) is 5.84. The minimum Gasteiger partial charge on any atom is -0.352 e. The molecule has 0 radical (unpaired) electrons. The fourth-order valence-corrected chi connectivity index (χ4v) is 3.26. The van der Waals surface area contributed by atoms with E-state index in [0.29, 0.717) is 33.7 Å². The Bertz CT molecular complexity index is 805. The van der Waals surface area contributed by atoms with Gasteiger partial charge in [0.15, 0.2) is 0 Å². The summed E-state index contributed by atoms with van der Waals surface area (Å²) < 4.78 is 0. The van der Waals surface area contributed by atoms with Crippen LogP contribution in [0.25, 0.3) is 0 Å². The van der Waals surface area contributed by atoms with Gasteiger partial charge < -0.3 is 10.6 Å². The van der Waals surface area contributed by atoms with Crippen molar-refractivity contribution in [2.24, 2.45) is 11.8 Å². The van der Waals surface area contributed by atoms with E-state index in [1.54, 1.807) is 24.3 Å². The molecule has 2 atom stereocenters. The second kappa shape index (κ2) is 7.65. The van der Waals surface area contributed by atoms with Crippen molar-refractivity contribution < 1.29 is 9.59 Å². The molecule has 3 rings (SSSR count). The van der Waals surface area contributed by atoms with Gasteiger partial charge in [0, 0.05) is 11.6 Å². The van der Waals surface area contributed by atoms with Crippen molar-refractivity contribution >= 4 is 52.3 Å². The molecule has 0 spiro atoms. The molecular weight excluding hydrogens is 383 g/mol. The molecular formula is C18H15Cl3N2O2. The molecule has 1 aliphatic rings. The molecule has 0 aliphatic heterocycles. The van der Waals surface area contributed by atoms with Crippen LogP contribution in [0.4, 0.5) is 5.69 Å². The predicted molar refractivity (Wildman–Crippen MR) is 100.0 cm³/mol. The molecule has 2 unspecified atom stereocenters. The number of amides is 2. The number of anilines is 1. The Morgan fingerprint density at radius 3 is 2.16 bits per heavy atom. The normalized spacial score (nSPS) is 18.5. The maximum atomic E-state index is 12.3. The largest absolute Gasteiger partial charge is 0.352 e. The number of rotatable bonds is 5. The van der Waals surface area contributed by atoms with Gasteiger partial charge in [0.1, 0.15) is 0 Å². The molecule has 0 saturated heterocycles. The van der Waals surface area contributed by atoms with E-state index in [0.717, 1.165) is 5.56 Å². The Kier molecular flexibility index (Phi) is 5.52. The first-order valence-electron chi connectivity index (χ1n) is 7.73. The van der Waals surface area contributed by atoms with Gasteiger partial charge >= 0.3 is 0 Å². The molecule has 2 amide bonds. The van der Waals surface area contributed by atoms with Crippen LogP contribution in [0.15, 0.2) is 42.5 Å². The van der Waals surface area contributed by atoms with E-state index in [-0.39, 0.29) is 23.7 Å². The van der Waals surface area contributed by atoms with E-state index >= 15 is 0 Å². The van der Waals surface area contributed by atoms with Gasteiger partial charge in [0.2, 0.25) is 11.8 Å². The highest BCUT2D eigenvalue weighted by atomic mass is 35.5. The molecule has 4 nitrogen and oxygen atoms in total. The highest BCUT2D eigenvalue weighted by Gasteiger charge is 2.48. The summed E-state index contributed by atoms with van der Waals surface area (Å²) in [7, 11) is 0. The average Bonchev–Trinajstić information content (AvgIpc) is 3.38. The lowest BCUT2D eigenvalue weighted by atomic mass is 10.2. The zero-order valence-electron chi connectivity index (χ0n) is 13.1. The van der Waals surface area contributed by atoms with Crippen molar-refractivity contribution in [3.63, 3.8) is 0 Å². The molecule has 1 saturated carbocycles. The van der Waals surface area contributed by atoms with Gasteiger partial charge in [-0.25, -0.2) is 0 Å². The van der Waals surface area contributed by atoms with Gasteiger partial charge in [-0.2, -0.15) is 0 Å². The highest BCUT2D eigenvalue weighted by molar-refractivity contribution is 6.39. The molecule has 1 fully saturated rings. The van der Waals surface area contributed by atoms with Crippen LogP contribution < -0.4 is 10.6 Å². The third kappa shape index (κ3) is 4.27. The average molecular weight is 398 g/mol. The van der Waals surface area contributed by atoms with Crippen molar-refractivity contribution in [3.05, 3.63) is 63.1 Å². The summed E-state index contributed by atoms with van der Waals surface area (Å²) in [5.41, 5.74) is 1.21. The number of benzene rings is 2. The Morgan fingerprint density at radius 2 is 1.48 bits per heavy atom. The Balaban J connectivity index is 1.54. The van der Waals surface area contributed by atoms with Gasteiger partial charge in [-0.3, -0.25) is 9.59 Å². The predicted octanol–water partition coefficient (Wildman–Crippen LogP) is 4.54. The Morgan fingerprint density at radius 1 is 0.880 bits per heavy atom. The minimum absolute atomic E-state index is 0.162. The standard InChI is InChI=1S/C18H15Cl3N2O2/c19-13-5-2-1-4-10(13)9-22-17(24)11-8-12(11)18(25)23-16-14(20)6-3-7-15(16)21/h1-7,11-12H,8-9H2,(H,22,24)(H,23,25). The second-order valence-corrected chi connectivity index (χ2v) is 7.07. The van der Waals surface area contributed by atoms with Crippen molar-refractivity contribution in [1.82, 2.24) is 5.32 Å². The van der Waals surface area contributed by atoms with Gasteiger partial charge in [0.25, 0.3) is 0 Å². The highest BCUT2D eigenvalue weighted by Crippen LogP contribution is 2.41. The van der Waals surface area contributed by atoms with Crippen LogP contribution in [0, 0.1) is 11.8 Å². The van der Waals surface area contributed by atoms with Crippen LogP contribution in [0.3, 0.4) is 0 Å². The fraction of sp³-hybridized carbons (Fsp3) is 0.222. The lowest BCUT2D eigenvalue weighted by Crippen LogP contribution is -2.27. The summed E-state index contributed by atoms with van der Waals surface area (Å²) >= 11 is 18.1. The Hall–Kier alpha value is -1.75. The molecule has 0 bridgehead atoms. The number of halogens is 3. The summed E-state index contributed by atoms with van der Waals surface area (Å²) in [5.74, 6) is -1.14. The van der Waals surface area contributed by atoms with Crippen molar-refractivity contribution in [2.75, 3.05) is 5.32 Å². The quantitative estimate of drug-likeness (QED) is 0.778. The SMILES string of the molecule is O=C(NCc1ccccc1Cl)C1CC1C(=O)Nc1c(Cl)cccc1Cl. The molecule has 7 heteroatoms. The molecule has 1 aliphatic carbocycles. The minimum atomic E-state index is -0.376. The number of carbonyl (C=O) groups is 2. The third-order valence-corrected chi connectivity index (χ3v) is 5.08. The maximum Gasteiger partial charge on any atom is 0.228 e. The van der Waals surface area contributed by atoms with E-state index in [9.17, 15) is 9.59 Å². The summed E-state index contributed by atoms with van der Waals surface area (Å²) in [5, 5.41) is 6.84. The van der Waals surface area contributed by atoms with E-state index < -0.39 is 0 Å². The van der Waals surface area contributed by atoms with Crippen molar-refractivity contribution in [2.45, 2.75) is 13.0 Å². The lowest BCUT2D eigenvalue weighted by molar-refractivity contribution is -0.125. The van der Waals surface area contributed by atoms with Crippen LogP contribution in [-0.4, -0.2) is 11.8 Å². The third-order valence-electron chi connectivity index (χ3n) is 4.09. The molecule has 2 N–H and O–H groups in total. The van der Waals surface area contributed by atoms with Crippen LogP contribution in [-0.2, 0) is 16.1 Å². The topological polar surface area (TPSA) is 58.2 Å². The molecule has 2 aromatic rings. The van der Waals surface area contributed by atoms with Gasteiger partial charge in [-0.15, -0.1) is 0 Å². The van der Waals surface area contributed by atoms with E-state index in [1.807, 2.05) is 18.2 Å². The molecule has 130 valence electrons. The van der Waals surface area contributed by atoms with E-state index in [1.165, 1.54) is 0 Å². The molecule has 0 heterocycles. The number of hydrogen-bond acceptors (Lipinski definition) is 2. The monoisotopic (exact) mass is 396 g/mol. The van der Waals surface area contributed by atoms with Gasteiger partial charge in [0.05, 0.1) is 27.6 Å². The first-order chi connectivity index (χ1) is 12.0. The van der Waals surface area contributed by atoms with Gasteiger partial charge in [-0.1, -0.05) is 59.1 Å². The Labute approximate surface area is 160 Å². The number of nitrogens with one attached hydrogen (secondary N) is 2. The summed E-state index contributed by atoms with van der Waals surface area (Å²) in [6, 6.07) is 12.3. The lowest BCUT2D eigenvalue weighted by Gasteiger charge is -2.09. The summed E-state index contributed by atoms with van der Waals surface area (Å²) in [4.78, 5) is 24.5. The van der Waals surface area contributed by atoms with Gasteiger partial charge in [-0.05, 0) is 30.2 Å². The van der Waals surface area contributed by atoms with E-state index in [2.05, 4.69) is 10.6 Å². The first-order valence-corrected chi connectivity index (χ1v) is 8.86. The van der Waals surface area contributed by atoms with Crippen molar-refractivity contribution in [3.8, 4) is 0 Å². The number of hydrogen-bond donors (Lipinski definition) is 2. The molecule has 0 aromatic heterocycles.